The van der Waals surface area contributed by atoms with E-state index in [-0.39, 0.29) is 24.3 Å². The summed E-state index contributed by atoms with van der Waals surface area (Å²) >= 11 is 0. The number of ether oxygens (including phenoxy) is 1. The summed E-state index contributed by atoms with van der Waals surface area (Å²) in [5, 5.41) is 14.4. The summed E-state index contributed by atoms with van der Waals surface area (Å²) < 4.78 is 5.40. The Hall–Kier alpha value is -1.14. The van der Waals surface area contributed by atoms with E-state index in [2.05, 4.69) is 10.6 Å². The molecule has 1 rings (SSSR count). The summed E-state index contributed by atoms with van der Waals surface area (Å²) in [6, 6.07) is 0. The molecule has 0 aromatic carbocycles. The molecule has 0 saturated carbocycles. The number of hydrogen-bond donors (Lipinski definition) is 3. The van der Waals surface area contributed by atoms with Crippen molar-refractivity contribution in [2.45, 2.75) is 25.9 Å². The minimum Gasteiger partial charge on any atom is -0.481 e. The van der Waals surface area contributed by atoms with Crippen molar-refractivity contribution in [2.24, 2.45) is 5.92 Å². The van der Waals surface area contributed by atoms with Gasteiger partial charge in [-0.1, -0.05) is 6.92 Å². The summed E-state index contributed by atoms with van der Waals surface area (Å²) in [7, 11) is 0. The number of rotatable bonds is 6. The van der Waals surface area contributed by atoms with Gasteiger partial charge in [-0.05, 0) is 5.92 Å². The summed E-state index contributed by atoms with van der Waals surface area (Å²) in [5.41, 5.74) is 0. The molecule has 0 bridgehead atoms. The Morgan fingerprint density at radius 2 is 2.35 bits per heavy atom. The fraction of sp³-hybridized carbons (Fsp3) is 0.818. The highest BCUT2D eigenvalue weighted by atomic mass is 16.5. The van der Waals surface area contributed by atoms with Gasteiger partial charge in [-0.3, -0.25) is 9.59 Å². The van der Waals surface area contributed by atoms with Crippen LogP contribution in [0.5, 0.6) is 0 Å². The number of morpholine rings is 1. The van der Waals surface area contributed by atoms with Gasteiger partial charge in [-0.2, -0.15) is 0 Å². The van der Waals surface area contributed by atoms with Crippen molar-refractivity contribution in [3.63, 3.8) is 0 Å². The largest absolute Gasteiger partial charge is 0.481 e. The van der Waals surface area contributed by atoms with Crippen LogP contribution in [0.3, 0.4) is 0 Å². The van der Waals surface area contributed by atoms with Crippen molar-refractivity contribution in [3.05, 3.63) is 0 Å². The molecule has 6 nitrogen and oxygen atoms in total. The molecule has 2 unspecified atom stereocenters. The minimum atomic E-state index is -0.841. The number of carbonyl (C=O) groups excluding carboxylic acids is 1. The molecule has 1 aliphatic rings. The van der Waals surface area contributed by atoms with Crippen molar-refractivity contribution in [1.82, 2.24) is 10.6 Å². The fourth-order valence-corrected chi connectivity index (χ4v) is 1.69. The third-order valence-electron chi connectivity index (χ3n) is 2.59. The van der Waals surface area contributed by atoms with E-state index in [9.17, 15) is 9.59 Å². The Morgan fingerprint density at radius 3 is 2.94 bits per heavy atom. The van der Waals surface area contributed by atoms with Crippen LogP contribution >= 0.6 is 0 Å². The quantitative estimate of drug-likeness (QED) is 0.591. The number of aliphatic carboxylic acids is 1. The molecule has 3 N–H and O–H groups in total. The fourth-order valence-electron chi connectivity index (χ4n) is 1.69. The molecule has 1 heterocycles. The molecule has 2 atom stereocenters. The lowest BCUT2D eigenvalue weighted by Gasteiger charge is -2.23. The van der Waals surface area contributed by atoms with Crippen LogP contribution in [0.15, 0.2) is 0 Å². The molecular formula is C11H20N2O4. The first kappa shape index (κ1) is 13.9. The third kappa shape index (κ3) is 6.23. The summed E-state index contributed by atoms with van der Waals surface area (Å²) in [5.74, 6) is -0.982. The van der Waals surface area contributed by atoms with Crippen molar-refractivity contribution in [1.29, 1.82) is 0 Å². The highest BCUT2D eigenvalue weighted by Crippen LogP contribution is 2.03. The normalized spacial score (nSPS) is 21.8. The average molecular weight is 244 g/mol. The second kappa shape index (κ2) is 7.24. The summed E-state index contributed by atoms with van der Waals surface area (Å²) in [6.07, 6.45) is 0.327. The Balaban J connectivity index is 2.13. The second-order valence-corrected chi connectivity index (χ2v) is 4.41. The predicted octanol–water partition coefficient (Wildman–Crippen LogP) is -0.408. The third-order valence-corrected chi connectivity index (χ3v) is 2.59. The zero-order valence-corrected chi connectivity index (χ0v) is 10.1. The Kier molecular flexibility index (Phi) is 5.93. The molecule has 0 spiro atoms. The number of amides is 1. The van der Waals surface area contributed by atoms with E-state index < -0.39 is 5.97 Å². The molecule has 1 amide bonds. The predicted molar refractivity (Wildman–Crippen MR) is 61.7 cm³/mol. The molecule has 1 saturated heterocycles. The number of carboxylic acid groups (broad SMARTS) is 1. The van der Waals surface area contributed by atoms with Crippen molar-refractivity contribution in [3.8, 4) is 0 Å². The first-order valence-corrected chi connectivity index (χ1v) is 5.88. The number of carboxylic acids is 1. The van der Waals surface area contributed by atoms with Crippen LogP contribution in [0.25, 0.3) is 0 Å². The van der Waals surface area contributed by atoms with Gasteiger partial charge in [0.15, 0.2) is 0 Å². The van der Waals surface area contributed by atoms with Gasteiger partial charge in [-0.25, -0.2) is 0 Å². The lowest BCUT2D eigenvalue weighted by Crippen LogP contribution is -2.42. The molecule has 98 valence electrons. The monoisotopic (exact) mass is 244 g/mol. The van der Waals surface area contributed by atoms with Crippen LogP contribution in [0.2, 0.25) is 0 Å². The summed E-state index contributed by atoms with van der Waals surface area (Å²) in [4.78, 5) is 22.0. The Morgan fingerprint density at radius 1 is 1.59 bits per heavy atom. The van der Waals surface area contributed by atoms with Gasteiger partial charge in [0.05, 0.1) is 19.1 Å². The first-order chi connectivity index (χ1) is 8.08. The molecule has 0 aliphatic carbocycles. The highest BCUT2D eigenvalue weighted by molar-refractivity contribution is 5.76. The molecular weight excluding hydrogens is 224 g/mol. The lowest BCUT2D eigenvalue weighted by molar-refractivity contribution is -0.138. The van der Waals surface area contributed by atoms with Crippen LogP contribution < -0.4 is 10.6 Å². The van der Waals surface area contributed by atoms with Crippen LogP contribution in [0, 0.1) is 5.92 Å². The average Bonchev–Trinajstić information content (AvgIpc) is 2.27. The molecule has 0 aromatic heterocycles. The van der Waals surface area contributed by atoms with E-state index in [0.29, 0.717) is 26.1 Å². The topological polar surface area (TPSA) is 87.7 Å². The Labute approximate surface area is 101 Å². The molecule has 1 aliphatic heterocycles. The minimum absolute atomic E-state index is 0.0538. The van der Waals surface area contributed by atoms with Gasteiger partial charge in [0.25, 0.3) is 0 Å². The number of hydrogen-bond acceptors (Lipinski definition) is 4. The molecule has 1 fully saturated rings. The van der Waals surface area contributed by atoms with E-state index >= 15 is 0 Å². The SMILES string of the molecule is CC(CNC(=O)CC1CNCCO1)CC(=O)O. The number of nitrogens with one attached hydrogen (secondary N) is 2. The van der Waals surface area contributed by atoms with Crippen LogP contribution in [0.4, 0.5) is 0 Å². The van der Waals surface area contributed by atoms with E-state index in [1.165, 1.54) is 0 Å². The molecule has 17 heavy (non-hydrogen) atoms. The van der Waals surface area contributed by atoms with Crippen LogP contribution in [-0.2, 0) is 14.3 Å². The maximum atomic E-state index is 11.5. The summed E-state index contributed by atoms with van der Waals surface area (Å²) in [6.45, 7) is 4.34. The first-order valence-electron chi connectivity index (χ1n) is 5.88. The van der Waals surface area contributed by atoms with E-state index in [0.717, 1.165) is 6.54 Å². The van der Waals surface area contributed by atoms with Crippen molar-refractivity contribution in [2.75, 3.05) is 26.2 Å². The molecule has 0 radical (unpaired) electrons. The van der Waals surface area contributed by atoms with E-state index in [4.69, 9.17) is 9.84 Å². The van der Waals surface area contributed by atoms with Gasteiger partial charge >= 0.3 is 5.97 Å². The van der Waals surface area contributed by atoms with Gasteiger partial charge in [-0.15, -0.1) is 0 Å². The van der Waals surface area contributed by atoms with Crippen molar-refractivity contribution < 1.29 is 19.4 Å². The van der Waals surface area contributed by atoms with Crippen molar-refractivity contribution >= 4 is 11.9 Å². The highest BCUT2D eigenvalue weighted by Gasteiger charge is 2.17. The van der Waals surface area contributed by atoms with Gasteiger partial charge in [0.1, 0.15) is 0 Å². The van der Waals surface area contributed by atoms with Gasteiger partial charge in [0.2, 0.25) is 5.91 Å². The van der Waals surface area contributed by atoms with Crippen LogP contribution in [0.1, 0.15) is 19.8 Å². The zero-order valence-electron chi connectivity index (χ0n) is 10.1. The second-order valence-electron chi connectivity index (χ2n) is 4.41. The molecule has 0 aromatic rings. The molecule has 6 heteroatoms. The van der Waals surface area contributed by atoms with E-state index in [1.54, 1.807) is 6.92 Å². The lowest BCUT2D eigenvalue weighted by atomic mass is 10.1. The Bertz CT molecular complexity index is 264. The smallest absolute Gasteiger partial charge is 0.303 e. The van der Waals surface area contributed by atoms with E-state index in [1.807, 2.05) is 0 Å². The van der Waals surface area contributed by atoms with Gasteiger partial charge in [0, 0.05) is 26.1 Å². The standard InChI is InChI=1S/C11H20N2O4/c1-8(4-11(15)16)6-13-10(14)5-9-7-12-2-3-17-9/h8-9,12H,2-7H2,1H3,(H,13,14)(H,15,16). The maximum absolute atomic E-state index is 11.5. The van der Waals surface area contributed by atoms with Gasteiger partial charge < -0.3 is 20.5 Å². The number of carbonyl (C=O) groups is 2. The van der Waals surface area contributed by atoms with Crippen LogP contribution in [-0.4, -0.2) is 49.3 Å². The zero-order chi connectivity index (χ0) is 12.7. The maximum Gasteiger partial charge on any atom is 0.303 e.